The molecule has 0 aliphatic rings. The van der Waals surface area contributed by atoms with Crippen molar-refractivity contribution >= 4 is 24.0 Å². The number of amides is 1. The highest BCUT2D eigenvalue weighted by Gasteiger charge is 2.06. The van der Waals surface area contributed by atoms with Crippen molar-refractivity contribution in [2.75, 3.05) is 5.32 Å². The lowest BCUT2D eigenvalue weighted by molar-refractivity contribution is -0.118. The molecule has 5 heteroatoms. The Labute approximate surface area is 83.0 Å². The molecule has 3 N–H and O–H groups in total. The second-order valence-corrected chi connectivity index (χ2v) is 2.50. The van der Waals surface area contributed by atoms with Crippen molar-refractivity contribution in [2.24, 2.45) is 5.73 Å². The Hall–Kier alpha value is -1.29. The molecule has 0 radical (unpaired) electrons. The Bertz CT molecular complexity index is 265. The number of primary amides is 1. The number of nitrogens with one attached hydrogen (secondary N) is 1. The van der Waals surface area contributed by atoms with E-state index in [0.29, 0.717) is 0 Å². The fourth-order valence-corrected chi connectivity index (χ4v) is 0.769. The van der Waals surface area contributed by atoms with Gasteiger partial charge >= 0.3 is 0 Å². The van der Waals surface area contributed by atoms with Crippen LogP contribution >= 0.6 is 12.4 Å². The minimum absolute atomic E-state index is 0. The summed E-state index contributed by atoms with van der Waals surface area (Å²) in [5.41, 5.74) is 5.91. The largest absolute Gasteiger partial charge is 0.374 e. The normalized spacial score (nSPS) is 11.2. The second-order valence-electron chi connectivity index (χ2n) is 2.50. The molecule has 1 aromatic heterocycles. The highest BCUT2D eigenvalue weighted by molar-refractivity contribution is 5.85. The van der Waals surface area contributed by atoms with Gasteiger partial charge in [0.1, 0.15) is 6.04 Å². The van der Waals surface area contributed by atoms with E-state index in [1.165, 1.54) is 0 Å². The van der Waals surface area contributed by atoms with Crippen LogP contribution in [0.25, 0.3) is 0 Å². The van der Waals surface area contributed by atoms with Crippen LogP contribution in [0.15, 0.2) is 24.5 Å². The minimum atomic E-state index is -0.369. The molecule has 0 bridgehead atoms. The topological polar surface area (TPSA) is 68.0 Å². The molecular weight excluding hydrogens is 190 g/mol. The summed E-state index contributed by atoms with van der Waals surface area (Å²) >= 11 is 0. The lowest BCUT2D eigenvalue weighted by atomic mass is 10.3. The zero-order chi connectivity index (χ0) is 8.97. The monoisotopic (exact) mass is 201 g/mol. The van der Waals surface area contributed by atoms with E-state index in [9.17, 15) is 4.79 Å². The first-order valence-electron chi connectivity index (χ1n) is 3.66. The minimum Gasteiger partial charge on any atom is -0.374 e. The number of nitrogens with two attached hydrogens (primary N) is 1. The van der Waals surface area contributed by atoms with E-state index < -0.39 is 0 Å². The first-order chi connectivity index (χ1) is 5.70. The lowest BCUT2D eigenvalue weighted by Crippen LogP contribution is -2.32. The molecule has 1 rings (SSSR count). The summed E-state index contributed by atoms with van der Waals surface area (Å²) in [6.45, 7) is 1.71. The van der Waals surface area contributed by atoms with Gasteiger partial charge < -0.3 is 11.1 Å². The number of hydrogen-bond acceptors (Lipinski definition) is 3. The molecule has 1 heterocycles. The summed E-state index contributed by atoms with van der Waals surface area (Å²) in [6.07, 6.45) is 3.30. The van der Waals surface area contributed by atoms with Crippen LogP contribution in [0.2, 0.25) is 0 Å². The van der Waals surface area contributed by atoms with Crippen LogP contribution in [0.3, 0.4) is 0 Å². The third-order valence-corrected chi connectivity index (χ3v) is 1.49. The summed E-state index contributed by atoms with van der Waals surface area (Å²) in [5.74, 6) is -0.369. The molecule has 1 aromatic rings. The lowest BCUT2D eigenvalue weighted by Gasteiger charge is -2.10. The smallest absolute Gasteiger partial charge is 0.239 e. The van der Waals surface area contributed by atoms with E-state index in [0.717, 1.165) is 5.69 Å². The van der Waals surface area contributed by atoms with E-state index in [-0.39, 0.29) is 24.4 Å². The molecule has 0 aliphatic carbocycles. The van der Waals surface area contributed by atoms with Gasteiger partial charge in [-0.1, -0.05) is 0 Å². The van der Waals surface area contributed by atoms with E-state index in [1.54, 1.807) is 31.5 Å². The zero-order valence-electron chi connectivity index (χ0n) is 7.23. The summed E-state index contributed by atoms with van der Waals surface area (Å²) < 4.78 is 0. The van der Waals surface area contributed by atoms with E-state index in [4.69, 9.17) is 5.73 Å². The van der Waals surface area contributed by atoms with Crippen LogP contribution in [0.5, 0.6) is 0 Å². The van der Waals surface area contributed by atoms with Crippen molar-refractivity contribution in [2.45, 2.75) is 13.0 Å². The van der Waals surface area contributed by atoms with Crippen molar-refractivity contribution in [1.82, 2.24) is 4.98 Å². The fourth-order valence-electron chi connectivity index (χ4n) is 0.769. The number of halogens is 1. The van der Waals surface area contributed by atoms with Crippen molar-refractivity contribution in [1.29, 1.82) is 0 Å². The Kier molecular flexibility index (Phi) is 4.84. The summed E-state index contributed by atoms with van der Waals surface area (Å²) in [7, 11) is 0. The molecule has 0 saturated heterocycles. The predicted molar refractivity (Wildman–Crippen MR) is 53.8 cm³/mol. The molecule has 4 nitrogen and oxygen atoms in total. The van der Waals surface area contributed by atoms with Gasteiger partial charge in [-0.2, -0.15) is 0 Å². The molecular formula is C8H12ClN3O. The van der Waals surface area contributed by atoms with Crippen LogP contribution in [-0.2, 0) is 4.79 Å². The van der Waals surface area contributed by atoms with E-state index in [2.05, 4.69) is 10.3 Å². The summed E-state index contributed by atoms with van der Waals surface area (Å²) in [4.78, 5) is 14.5. The third kappa shape index (κ3) is 3.75. The number of rotatable bonds is 3. The Morgan fingerprint density at radius 3 is 2.54 bits per heavy atom. The predicted octanol–water partition coefficient (Wildman–Crippen LogP) is 0.789. The maximum Gasteiger partial charge on any atom is 0.239 e. The standard InChI is InChI=1S/C8H11N3O.ClH/c1-6(8(9)12)11-7-2-4-10-5-3-7;/h2-6H,1H3,(H2,9,12)(H,10,11);1H. The number of hydrogen-bond donors (Lipinski definition) is 2. The van der Waals surface area contributed by atoms with Crippen molar-refractivity contribution in [3.05, 3.63) is 24.5 Å². The highest BCUT2D eigenvalue weighted by Crippen LogP contribution is 2.04. The van der Waals surface area contributed by atoms with Crippen molar-refractivity contribution in [3.63, 3.8) is 0 Å². The Balaban J connectivity index is 0.00000144. The number of aromatic nitrogens is 1. The van der Waals surface area contributed by atoms with Crippen LogP contribution in [0, 0.1) is 0 Å². The number of carbonyl (C=O) groups is 1. The second kappa shape index (κ2) is 5.37. The first-order valence-corrected chi connectivity index (χ1v) is 3.66. The van der Waals surface area contributed by atoms with Gasteiger partial charge in [0.2, 0.25) is 5.91 Å². The number of anilines is 1. The van der Waals surface area contributed by atoms with Gasteiger partial charge in [0.25, 0.3) is 0 Å². The molecule has 0 fully saturated rings. The van der Waals surface area contributed by atoms with Crippen LogP contribution in [-0.4, -0.2) is 16.9 Å². The Morgan fingerprint density at radius 1 is 1.54 bits per heavy atom. The van der Waals surface area contributed by atoms with Crippen LogP contribution in [0.4, 0.5) is 5.69 Å². The highest BCUT2D eigenvalue weighted by atomic mass is 35.5. The average molecular weight is 202 g/mol. The number of pyridine rings is 1. The maximum atomic E-state index is 10.6. The van der Waals surface area contributed by atoms with Gasteiger partial charge in [0, 0.05) is 18.1 Å². The molecule has 1 unspecified atom stereocenters. The average Bonchev–Trinajstić information content (AvgIpc) is 2.06. The fraction of sp³-hybridized carbons (Fsp3) is 0.250. The van der Waals surface area contributed by atoms with Gasteiger partial charge in [0.05, 0.1) is 0 Å². The molecule has 72 valence electrons. The van der Waals surface area contributed by atoms with E-state index >= 15 is 0 Å². The van der Waals surface area contributed by atoms with Crippen LogP contribution in [0.1, 0.15) is 6.92 Å². The van der Waals surface area contributed by atoms with Gasteiger partial charge in [0.15, 0.2) is 0 Å². The maximum absolute atomic E-state index is 10.6. The van der Waals surface area contributed by atoms with Gasteiger partial charge in [-0.25, -0.2) is 0 Å². The van der Waals surface area contributed by atoms with Gasteiger partial charge in [-0.3, -0.25) is 9.78 Å². The number of nitrogens with zero attached hydrogens (tertiary/aromatic N) is 1. The molecule has 1 amide bonds. The van der Waals surface area contributed by atoms with Gasteiger partial charge in [-0.05, 0) is 19.1 Å². The first kappa shape index (κ1) is 11.7. The van der Waals surface area contributed by atoms with Crippen LogP contribution < -0.4 is 11.1 Å². The number of carbonyl (C=O) groups excluding carboxylic acids is 1. The quantitative estimate of drug-likeness (QED) is 0.760. The molecule has 0 saturated carbocycles. The molecule has 0 spiro atoms. The summed E-state index contributed by atoms with van der Waals surface area (Å²) in [6, 6.07) is 3.20. The SMILES string of the molecule is CC(Nc1ccncc1)C(N)=O.Cl. The van der Waals surface area contributed by atoms with E-state index in [1.807, 2.05) is 0 Å². The Morgan fingerprint density at radius 2 is 2.08 bits per heavy atom. The van der Waals surface area contributed by atoms with Crippen molar-refractivity contribution in [3.8, 4) is 0 Å². The molecule has 13 heavy (non-hydrogen) atoms. The zero-order valence-corrected chi connectivity index (χ0v) is 8.04. The van der Waals surface area contributed by atoms with Gasteiger partial charge in [-0.15, -0.1) is 12.4 Å². The van der Waals surface area contributed by atoms with Crippen molar-refractivity contribution < 1.29 is 4.79 Å². The third-order valence-electron chi connectivity index (χ3n) is 1.49. The molecule has 1 atom stereocenters. The molecule has 0 aromatic carbocycles. The molecule has 0 aliphatic heterocycles. The summed E-state index contributed by atoms with van der Waals surface area (Å²) in [5, 5.41) is 2.93.